The summed E-state index contributed by atoms with van der Waals surface area (Å²) in [6, 6.07) is 12.6. The van der Waals surface area contributed by atoms with Crippen molar-refractivity contribution >= 4 is 40.1 Å². The van der Waals surface area contributed by atoms with Gasteiger partial charge in [-0.3, -0.25) is 14.9 Å². The van der Waals surface area contributed by atoms with Gasteiger partial charge in [0.1, 0.15) is 10.7 Å². The van der Waals surface area contributed by atoms with Gasteiger partial charge in [0.2, 0.25) is 0 Å². The van der Waals surface area contributed by atoms with E-state index in [1.807, 2.05) is 0 Å². The molecule has 2 N–H and O–H groups in total. The third-order valence-corrected chi connectivity index (χ3v) is 4.45. The lowest BCUT2D eigenvalue weighted by atomic mass is 10.2. The van der Waals surface area contributed by atoms with Crippen LogP contribution in [-0.2, 0) is 0 Å². The van der Waals surface area contributed by atoms with E-state index in [1.54, 1.807) is 36.4 Å². The van der Waals surface area contributed by atoms with Crippen LogP contribution >= 0.6 is 11.6 Å². The van der Waals surface area contributed by atoms with Gasteiger partial charge in [-0.25, -0.2) is 4.98 Å². The fourth-order valence-electron chi connectivity index (χ4n) is 2.77. The number of H-pyrrole nitrogens is 1. The number of nitrogens with one attached hydrogen (secondary N) is 2. The third kappa shape index (κ3) is 3.63. The number of anilines is 1. The molecule has 10 heteroatoms. The Morgan fingerprint density at radius 3 is 2.76 bits per heavy atom. The van der Waals surface area contributed by atoms with Crippen LogP contribution < -0.4 is 10.1 Å². The Hall–Kier alpha value is -3.85. The normalized spacial score (nSPS) is 10.8. The number of aromatic nitrogens is 2. The summed E-state index contributed by atoms with van der Waals surface area (Å²) < 4.78 is 10.2. The van der Waals surface area contributed by atoms with E-state index >= 15 is 0 Å². The number of hydrogen-bond donors (Lipinski definition) is 2. The summed E-state index contributed by atoms with van der Waals surface area (Å²) in [6.07, 6.45) is 0. The van der Waals surface area contributed by atoms with Gasteiger partial charge in [-0.05, 0) is 42.5 Å². The second kappa shape index (κ2) is 7.28. The topological polar surface area (TPSA) is 123 Å². The molecular weight excluding hydrogens is 400 g/mol. The monoisotopic (exact) mass is 412 g/mol. The van der Waals surface area contributed by atoms with Gasteiger partial charge in [0.15, 0.2) is 11.6 Å². The maximum Gasteiger partial charge on any atom is 0.433 e. The largest absolute Gasteiger partial charge is 0.495 e. The standard InChI is InChI=1S/C19H13ClN4O5/c1-28-15-5-3-11(9-12(15)20)21-19(25)10-2-4-13-14(8-10)23-18(22-13)16-6-7-17(29-16)24(26)27/h2-9H,1H3,(H,21,25)(H,22,23). The van der Waals surface area contributed by atoms with E-state index < -0.39 is 4.92 Å². The molecule has 0 saturated carbocycles. The molecule has 0 aliphatic carbocycles. The molecule has 146 valence electrons. The molecule has 0 radical (unpaired) electrons. The first kappa shape index (κ1) is 18.5. The van der Waals surface area contributed by atoms with Crippen LogP contribution in [0.3, 0.4) is 0 Å². The molecule has 0 spiro atoms. The number of aromatic amines is 1. The molecule has 0 atom stereocenters. The minimum atomic E-state index is -0.625. The van der Waals surface area contributed by atoms with Crippen LogP contribution in [0.2, 0.25) is 5.02 Å². The summed E-state index contributed by atoms with van der Waals surface area (Å²) in [5.74, 6) is 0.352. The molecule has 29 heavy (non-hydrogen) atoms. The Labute approximate surface area is 168 Å². The van der Waals surface area contributed by atoms with Crippen molar-refractivity contribution in [2.75, 3.05) is 12.4 Å². The van der Waals surface area contributed by atoms with E-state index in [4.69, 9.17) is 20.8 Å². The van der Waals surface area contributed by atoms with Crippen LogP contribution in [0.5, 0.6) is 5.75 Å². The molecule has 0 fully saturated rings. The van der Waals surface area contributed by atoms with E-state index in [1.165, 1.54) is 19.2 Å². The quantitative estimate of drug-likeness (QED) is 0.363. The zero-order valence-corrected chi connectivity index (χ0v) is 15.7. The number of hydrogen-bond acceptors (Lipinski definition) is 6. The van der Waals surface area contributed by atoms with Crippen molar-refractivity contribution in [3.8, 4) is 17.3 Å². The Morgan fingerprint density at radius 2 is 2.07 bits per heavy atom. The molecule has 2 heterocycles. The van der Waals surface area contributed by atoms with Crippen molar-refractivity contribution in [3.63, 3.8) is 0 Å². The molecule has 0 aliphatic rings. The van der Waals surface area contributed by atoms with Gasteiger partial charge < -0.3 is 19.5 Å². The molecule has 0 saturated heterocycles. The summed E-state index contributed by atoms with van der Waals surface area (Å²) in [5, 5.41) is 13.9. The van der Waals surface area contributed by atoms with Crippen LogP contribution in [0, 0.1) is 10.1 Å². The summed E-state index contributed by atoms with van der Waals surface area (Å²) in [4.78, 5) is 30.0. The number of imidazole rings is 1. The predicted molar refractivity (Wildman–Crippen MR) is 106 cm³/mol. The number of benzene rings is 2. The number of amides is 1. The highest BCUT2D eigenvalue weighted by molar-refractivity contribution is 6.32. The summed E-state index contributed by atoms with van der Waals surface area (Å²) in [5.41, 5.74) is 2.08. The number of rotatable bonds is 5. The summed E-state index contributed by atoms with van der Waals surface area (Å²) in [6.45, 7) is 0. The minimum Gasteiger partial charge on any atom is -0.495 e. The first-order valence-electron chi connectivity index (χ1n) is 8.34. The number of fused-ring (bicyclic) bond motifs is 1. The predicted octanol–water partition coefficient (Wildman–Crippen LogP) is 4.65. The molecule has 1 amide bonds. The molecular formula is C19H13ClN4O5. The van der Waals surface area contributed by atoms with E-state index in [2.05, 4.69) is 15.3 Å². The van der Waals surface area contributed by atoms with Crippen LogP contribution in [-0.4, -0.2) is 27.9 Å². The molecule has 2 aromatic heterocycles. The van der Waals surface area contributed by atoms with Gasteiger partial charge in [-0.1, -0.05) is 11.6 Å². The van der Waals surface area contributed by atoms with Crippen LogP contribution in [0.25, 0.3) is 22.6 Å². The molecule has 0 bridgehead atoms. The number of nitrogens with zero attached hydrogens (tertiary/aromatic N) is 2. The Balaban J connectivity index is 1.59. The highest BCUT2D eigenvalue weighted by atomic mass is 35.5. The molecule has 0 aliphatic heterocycles. The van der Waals surface area contributed by atoms with E-state index in [-0.39, 0.29) is 17.6 Å². The fourth-order valence-corrected chi connectivity index (χ4v) is 3.03. The van der Waals surface area contributed by atoms with Gasteiger partial charge in [-0.2, -0.15) is 0 Å². The van der Waals surface area contributed by atoms with Crippen molar-refractivity contribution in [2.24, 2.45) is 0 Å². The van der Waals surface area contributed by atoms with E-state index in [0.29, 0.717) is 38.9 Å². The van der Waals surface area contributed by atoms with Crippen LogP contribution in [0.1, 0.15) is 10.4 Å². The summed E-state index contributed by atoms with van der Waals surface area (Å²) >= 11 is 6.08. The summed E-state index contributed by atoms with van der Waals surface area (Å²) in [7, 11) is 1.51. The number of halogens is 1. The van der Waals surface area contributed by atoms with Crippen molar-refractivity contribution < 1.29 is 18.9 Å². The van der Waals surface area contributed by atoms with Crippen LogP contribution in [0.15, 0.2) is 52.9 Å². The zero-order valence-electron chi connectivity index (χ0n) is 14.9. The minimum absolute atomic E-state index is 0.228. The van der Waals surface area contributed by atoms with Gasteiger partial charge in [0, 0.05) is 11.3 Å². The Bertz CT molecular complexity index is 1250. The first-order valence-corrected chi connectivity index (χ1v) is 8.71. The number of carbonyl (C=O) groups is 1. The lowest BCUT2D eigenvalue weighted by Crippen LogP contribution is -2.11. The lowest BCUT2D eigenvalue weighted by molar-refractivity contribution is -0.401. The van der Waals surface area contributed by atoms with E-state index in [0.717, 1.165) is 0 Å². The fraction of sp³-hybridized carbons (Fsp3) is 0.0526. The average Bonchev–Trinajstić information content (AvgIpc) is 3.34. The smallest absolute Gasteiger partial charge is 0.433 e. The van der Waals surface area contributed by atoms with Gasteiger partial charge >= 0.3 is 5.88 Å². The van der Waals surface area contributed by atoms with Gasteiger partial charge in [0.05, 0.1) is 29.2 Å². The van der Waals surface area contributed by atoms with Crippen molar-refractivity contribution in [3.05, 3.63) is 69.2 Å². The Kier molecular flexibility index (Phi) is 4.65. The first-order chi connectivity index (χ1) is 13.9. The number of nitro groups is 1. The second-order valence-corrected chi connectivity index (χ2v) is 6.42. The SMILES string of the molecule is COc1ccc(NC(=O)c2ccc3nc(-c4ccc([N+](=O)[O-])o4)[nH]c3c2)cc1Cl. The molecule has 0 unspecified atom stereocenters. The van der Waals surface area contributed by atoms with Crippen molar-refractivity contribution in [1.29, 1.82) is 0 Å². The third-order valence-electron chi connectivity index (χ3n) is 4.16. The average molecular weight is 413 g/mol. The second-order valence-electron chi connectivity index (χ2n) is 6.02. The maximum atomic E-state index is 12.6. The number of ether oxygens (including phenoxy) is 1. The Morgan fingerprint density at radius 1 is 1.24 bits per heavy atom. The molecule has 4 aromatic rings. The molecule has 4 rings (SSSR count). The highest BCUT2D eigenvalue weighted by Gasteiger charge is 2.16. The number of furan rings is 1. The number of carbonyl (C=O) groups excluding carboxylic acids is 1. The number of methoxy groups -OCH3 is 1. The van der Waals surface area contributed by atoms with Crippen molar-refractivity contribution in [1.82, 2.24) is 9.97 Å². The zero-order chi connectivity index (χ0) is 20.5. The molecule has 2 aromatic carbocycles. The van der Waals surface area contributed by atoms with Crippen LogP contribution in [0.4, 0.5) is 11.6 Å². The van der Waals surface area contributed by atoms with Gasteiger partial charge in [0.25, 0.3) is 5.91 Å². The maximum absolute atomic E-state index is 12.6. The lowest BCUT2D eigenvalue weighted by Gasteiger charge is -2.08. The molecule has 9 nitrogen and oxygen atoms in total. The van der Waals surface area contributed by atoms with Crippen molar-refractivity contribution in [2.45, 2.75) is 0 Å². The van der Waals surface area contributed by atoms with E-state index in [9.17, 15) is 14.9 Å². The highest BCUT2D eigenvalue weighted by Crippen LogP contribution is 2.28. The van der Waals surface area contributed by atoms with Gasteiger partial charge in [-0.15, -0.1) is 0 Å².